The zero-order valence-corrected chi connectivity index (χ0v) is 16.8. The molecule has 0 bridgehead atoms. The maximum Gasteiger partial charge on any atom is 0.237 e. The van der Waals surface area contributed by atoms with Gasteiger partial charge in [0.05, 0.1) is 18.1 Å². The van der Waals surface area contributed by atoms with E-state index in [1.165, 1.54) is 11.3 Å². The molecule has 6 nitrogen and oxygen atoms in total. The van der Waals surface area contributed by atoms with Gasteiger partial charge in [0, 0.05) is 44.0 Å². The molecule has 1 aliphatic carbocycles. The fraction of sp³-hybridized carbons (Fsp3) is 0.650. The lowest BCUT2D eigenvalue weighted by molar-refractivity contribution is -0.135. The number of para-hydroxylation sites is 1. The van der Waals surface area contributed by atoms with Gasteiger partial charge in [0.25, 0.3) is 0 Å². The SMILES string of the molecule is Cc1ccccc1N1CCN(CC(=O)N(C2CC2)[C@H]2CCS(=O)(=O)C2)CC1. The minimum Gasteiger partial charge on any atom is -0.369 e. The molecule has 3 fully saturated rings. The molecule has 1 amide bonds. The van der Waals surface area contributed by atoms with Crippen molar-refractivity contribution in [2.24, 2.45) is 0 Å². The number of rotatable bonds is 5. The van der Waals surface area contributed by atoms with E-state index >= 15 is 0 Å². The molecular weight excluding hydrogens is 362 g/mol. The number of carbonyl (C=O) groups excluding carboxylic acids is 1. The predicted octanol–water partition coefficient (Wildman–Crippen LogP) is 1.30. The molecule has 0 N–H and O–H groups in total. The third-order valence-electron chi connectivity index (χ3n) is 6.02. The summed E-state index contributed by atoms with van der Waals surface area (Å²) in [5.41, 5.74) is 2.56. The Morgan fingerprint density at radius 1 is 1.07 bits per heavy atom. The standard InChI is InChI=1S/C20H29N3O3S/c1-16-4-2-3-5-19(16)22-11-9-21(10-12-22)14-20(24)23(17-6-7-17)18-8-13-27(25,26)15-18/h2-5,17-18H,6-15H2,1H3/t18-/m0/s1. The summed E-state index contributed by atoms with van der Waals surface area (Å²) >= 11 is 0. The fourth-order valence-corrected chi connectivity index (χ4v) is 6.10. The van der Waals surface area contributed by atoms with Crippen molar-refractivity contribution < 1.29 is 13.2 Å². The second-order valence-electron chi connectivity index (χ2n) is 8.14. The summed E-state index contributed by atoms with van der Waals surface area (Å²) in [7, 11) is -2.97. The molecule has 1 saturated carbocycles. The van der Waals surface area contributed by atoms with Crippen LogP contribution in [0.15, 0.2) is 24.3 Å². The Bertz CT molecular complexity index is 798. The van der Waals surface area contributed by atoms with Gasteiger partial charge in [-0.3, -0.25) is 9.69 Å². The smallest absolute Gasteiger partial charge is 0.237 e. The molecule has 0 radical (unpaired) electrons. The number of hydrogen-bond acceptors (Lipinski definition) is 5. The van der Waals surface area contributed by atoms with Gasteiger partial charge in [-0.25, -0.2) is 8.42 Å². The molecule has 0 unspecified atom stereocenters. The minimum atomic E-state index is -2.97. The molecule has 7 heteroatoms. The minimum absolute atomic E-state index is 0.108. The van der Waals surface area contributed by atoms with Gasteiger partial charge in [0.2, 0.25) is 5.91 Å². The van der Waals surface area contributed by atoms with Crippen LogP contribution in [0.5, 0.6) is 0 Å². The van der Waals surface area contributed by atoms with Crippen molar-refractivity contribution in [3.05, 3.63) is 29.8 Å². The summed E-state index contributed by atoms with van der Waals surface area (Å²) < 4.78 is 23.7. The van der Waals surface area contributed by atoms with Crippen LogP contribution in [0.4, 0.5) is 5.69 Å². The number of piperazine rings is 1. The van der Waals surface area contributed by atoms with E-state index in [-0.39, 0.29) is 29.5 Å². The molecule has 1 aromatic rings. The first-order valence-electron chi connectivity index (χ1n) is 9.97. The molecule has 0 spiro atoms. The highest BCUT2D eigenvalue weighted by molar-refractivity contribution is 7.91. The summed E-state index contributed by atoms with van der Waals surface area (Å²) in [5.74, 6) is 0.489. The summed E-state index contributed by atoms with van der Waals surface area (Å²) in [6.07, 6.45) is 2.64. The number of benzene rings is 1. The molecule has 4 rings (SSSR count). The monoisotopic (exact) mass is 391 g/mol. The molecule has 1 atom stereocenters. The van der Waals surface area contributed by atoms with Crippen LogP contribution < -0.4 is 4.90 Å². The van der Waals surface area contributed by atoms with Crippen molar-refractivity contribution in [1.29, 1.82) is 0 Å². The van der Waals surface area contributed by atoms with E-state index in [4.69, 9.17) is 0 Å². The van der Waals surface area contributed by atoms with Gasteiger partial charge in [-0.15, -0.1) is 0 Å². The van der Waals surface area contributed by atoms with Gasteiger partial charge in [0.1, 0.15) is 0 Å². The topological polar surface area (TPSA) is 60.9 Å². The third-order valence-corrected chi connectivity index (χ3v) is 7.77. The number of hydrogen-bond donors (Lipinski definition) is 0. The summed E-state index contributed by atoms with van der Waals surface area (Å²) in [6, 6.07) is 8.58. The lowest BCUT2D eigenvalue weighted by Gasteiger charge is -2.38. The molecule has 2 heterocycles. The van der Waals surface area contributed by atoms with E-state index in [1.54, 1.807) is 0 Å². The van der Waals surface area contributed by atoms with E-state index in [9.17, 15) is 13.2 Å². The van der Waals surface area contributed by atoms with E-state index in [1.807, 2.05) is 4.90 Å². The summed E-state index contributed by atoms with van der Waals surface area (Å²) in [4.78, 5) is 19.5. The second kappa shape index (κ2) is 7.43. The van der Waals surface area contributed by atoms with Gasteiger partial charge >= 0.3 is 0 Å². The maximum atomic E-state index is 13.0. The molecule has 148 valence electrons. The first-order valence-corrected chi connectivity index (χ1v) is 11.8. The van der Waals surface area contributed by atoms with Crippen molar-refractivity contribution in [2.75, 3.05) is 49.1 Å². The largest absolute Gasteiger partial charge is 0.369 e. The predicted molar refractivity (Wildman–Crippen MR) is 107 cm³/mol. The van der Waals surface area contributed by atoms with Crippen molar-refractivity contribution >= 4 is 21.4 Å². The quantitative estimate of drug-likeness (QED) is 0.757. The van der Waals surface area contributed by atoms with E-state index < -0.39 is 9.84 Å². The maximum absolute atomic E-state index is 13.0. The van der Waals surface area contributed by atoms with Crippen molar-refractivity contribution in [3.8, 4) is 0 Å². The van der Waals surface area contributed by atoms with Crippen LogP contribution in [0.1, 0.15) is 24.8 Å². The van der Waals surface area contributed by atoms with E-state index in [2.05, 4.69) is 41.0 Å². The first-order chi connectivity index (χ1) is 12.9. The van der Waals surface area contributed by atoms with Gasteiger partial charge in [0.15, 0.2) is 9.84 Å². The molecule has 0 aromatic heterocycles. The van der Waals surface area contributed by atoms with Crippen molar-refractivity contribution in [3.63, 3.8) is 0 Å². The highest BCUT2D eigenvalue weighted by atomic mass is 32.2. The number of anilines is 1. The Kier molecular flexibility index (Phi) is 5.16. The fourth-order valence-electron chi connectivity index (χ4n) is 4.39. The summed E-state index contributed by atoms with van der Waals surface area (Å²) in [5, 5.41) is 0. The summed E-state index contributed by atoms with van der Waals surface area (Å²) in [6.45, 7) is 6.10. The van der Waals surface area contributed by atoms with Crippen LogP contribution >= 0.6 is 0 Å². The lowest BCUT2D eigenvalue weighted by atomic mass is 10.1. The highest BCUT2D eigenvalue weighted by Crippen LogP contribution is 2.32. The van der Waals surface area contributed by atoms with Crippen LogP contribution in [0, 0.1) is 6.92 Å². The van der Waals surface area contributed by atoms with Crippen LogP contribution in [0.3, 0.4) is 0 Å². The average Bonchev–Trinajstić information content (AvgIpc) is 3.39. The zero-order chi connectivity index (χ0) is 19.0. The molecular formula is C20H29N3O3S. The van der Waals surface area contributed by atoms with Gasteiger partial charge in [-0.1, -0.05) is 18.2 Å². The molecule has 2 saturated heterocycles. The lowest BCUT2D eigenvalue weighted by Crippen LogP contribution is -2.52. The Morgan fingerprint density at radius 3 is 2.37 bits per heavy atom. The van der Waals surface area contributed by atoms with Crippen LogP contribution in [-0.4, -0.2) is 80.4 Å². The normalized spacial score (nSPS) is 25.5. The van der Waals surface area contributed by atoms with Crippen LogP contribution in [0.2, 0.25) is 0 Å². The first kappa shape index (κ1) is 18.7. The highest BCUT2D eigenvalue weighted by Gasteiger charge is 2.42. The molecule has 3 aliphatic rings. The van der Waals surface area contributed by atoms with Crippen LogP contribution in [0.25, 0.3) is 0 Å². The Hall–Kier alpha value is -1.60. The number of amides is 1. The number of aryl methyl sites for hydroxylation is 1. The van der Waals surface area contributed by atoms with Crippen molar-refractivity contribution in [1.82, 2.24) is 9.80 Å². The van der Waals surface area contributed by atoms with E-state index in [0.29, 0.717) is 13.0 Å². The van der Waals surface area contributed by atoms with Gasteiger partial charge in [-0.05, 0) is 37.8 Å². The average molecular weight is 392 g/mol. The van der Waals surface area contributed by atoms with Crippen LogP contribution in [-0.2, 0) is 14.6 Å². The number of carbonyl (C=O) groups is 1. The Morgan fingerprint density at radius 2 is 1.78 bits per heavy atom. The molecule has 2 aliphatic heterocycles. The molecule has 27 heavy (non-hydrogen) atoms. The number of nitrogens with zero attached hydrogens (tertiary/aromatic N) is 3. The van der Waals surface area contributed by atoms with E-state index in [0.717, 1.165) is 39.0 Å². The third kappa shape index (κ3) is 4.29. The van der Waals surface area contributed by atoms with Gasteiger partial charge < -0.3 is 9.80 Å². The Balaban J connectivity index is 1.34. The number of sulfone groups is 1. The zero-order valence-electron chi connectivity index (χ0n) is 16.0. The second-order valence-corrected chi connectivity index (χ2v) is 10.4. The Labute approximate surface area is 162 Å². The van der Waals surface area contributed by atoms with Crippen molar-refractivity contribution in [2.45, 2.75) is 38.3 Å². The van der Waals surface area contributed by atoms with Gasteiger partial charge in [-0.2, -0.15) is 0 Å². The molecule has 1 aromatic carbocycles.